The van der Waals surface area contributed by atoms with Crippen LogP contribution in [0.3, 0.4) is 0 Å². The third-order valence-electron chi connectivity index (χ3n) is 5.39. The SMILES string of the molecule is CC(C)NC(=O)c1ccccc1NC(=O)[C@@H]1CCCN(S(=O)(=O)Cc2c(Cl)cccc2Cl)C1. The Morgan fingerprint density at radius 1 is 1.09 bits per heavy atom. The van der Waals surface area contributed by atoms with Gasteiger partial charge in [-0.25, -0.2) is 12.7 Å². The molecule has 1 fully saturated rings. The summed E-state index contributed by atoms with van der Waals surface area (Å²) in [5, 5.41) is 6.19. The van der Waals surface area contributed by atoms with Crippen molar-refractivity contribution in [3.8, 4) is 0 Å². The maximum absolute atomic E-state index is 13.1. The Labute approximate surface area is 204 Å². The Morgan fingerprint density at radius 3 is 2.42 bits per heavy atom. The van der Waals surface area contributed by atoms with E-state index in [0.717, 1.165) is 0 Å². The van der Waals surface area contributed by atoms with E-state index >= 15 is 0 Å². The van der Waals surface area contributed by atoms with Gasteiger partial charge in [0, 0.05) is 34.7 Å². The number of hydrogen-bond acceptors (Lipinski definition) is 4. The first-order valence-corrected chi connectivity index (χ1v) is 13.1. The number of nitrogens with one attached hydrogen (secondary N) is 2. The monoisotopic (exact) mass is 511 g/mol. The fourth-order valence-corrected chi connectivity index (χ4v) is 6.08. The van der Waals surface area contributed by atoms with Crippen molar-refractivity contribution in [3.63, 3.8) is 0 Å². The largest absolute Gasteiger partial charge is 0.350 e. The molecule has 3 rings (SSSR count). The van der Waals surface area contributed by atoms with Crippen LogP contribution >= 0.6 is 23.2 Å². The van der Waals surface area contributed by atoms with Crippen molar-refractivity contribution in [2.45, 2.75) is 38.5 Å². The molecular weight excluding hydrogens is 485 g/mol. The summed E-state index contributed by atoms with van der Waals surface area (Å²) in [4.78, 5) is 25.5. The quantitative estimate of drug-likeness (QED) is 0.578. The Morgan fingerprint density at radius 2 is 1.76 bits per heavy atom. The molecule has 1 atom stereocenters. The Balaban J connectivity index is 1.72. The molecule has 33 heavy (non-hydrogen) atoms. The van der Waals surface area contributed by atoms with Gasteiger partial charge < -0.3 is 10.6 Å². The van der Waals surface area contributed by atoms with Crippen molar-refractivity contribution >= 4 is 50.7 Å². The summed E-state index contributed by atoms with van der Waals surface area (Å²) in [6.07, 6.45) is 1.09. The van der Waals surface area contributed by atoms with Crippen molar-refractivity contribution < 1.29 is 18.0 Å². The molecule has 0 aliphatic carbocycles. The van der Waals surface area contributed by atoms with Gasteiger partial charge in [-0.2, -0.15) is 0 Å². The summed E-state index contributed by atoms with van der Waals surface area (Å²) in [5.74, 6) is -1.49. The van der Waals surface area contributed by atoms with Crippen LogP contribution in [0, 0.1) is 5.92 Å². The molecule has 1 aliphatic rings. The predicted octanol–water partition coefficient (Wildman–Crippen LogP) is 4.31. The number of anilines is 1. The van der Waals surface area contributed by atoms with Crippen LogP contribution < -0.4 is 10.6 Å². The van der Waals surface area contributed by atoms with Crippen molar-refractivity contribution in [2.24, 2.45) is 5.92 Å². The van der Waals surface area contributed by atoms with Gasteiger partial charge in [-0.1, -0.05) is 41.4 Å². The molecule has 2 amide bonds. The fraction of sp³-hybridized carbons (Fsp3) is 0.391. The Bertz CT molecular complexity index is 1120. The van der Waals surface area contributed by atoms with Crippen LogP contribution in [0.1, 0.15) is 42.6 Å². The van der Waals surface area contributed by atoms with Gasteiger partial charge in [0.25, 0.3) is 5.91 Å². The van der Waals surface area contributed by atoms with Crippen molar-refractivity contribution in [1.29, 1.82) is 0 Å². The molecule has 0 radical (unpaired) electrons. The first kappa shape index (κ1) is 25.5. The number of sulfonamides is 1. The lowest BCUT2D eigenvalue weighted by molar-refractivity contribution is -0.120. The highest BCUT2D eigenvalue weighted by molar-refractivity contribution is 7.88. The highest BCUT2D eigenvalue weighted by Crippen LogP contribution is 2.29. The summed E-state index contributed by atoms with van der Waals surface area (Å²) >= 11 is 12.3. The van der Waals surface area contributed by atoms with Crippen LogP contribution in [-0.2, 0) is 20.6 Å². The van der Waals surface area contributed by atoms with Gasteiger partial charge >= 0.3 is 0 Å². The molecule has 1 saturated heterocycles. The first-order valence-electron chi connectivity index (χ1n) is 10.7. The molecule has 1 aliphatic heterocycles. The zero-order chi connectivity index (χ0) is 24.2. The summed E-state index contributed by atoms with van der Waals surface area (Å²) in [7, 11) is -3.74. The zero-order valence-electron chi connectivity index (χ0n) is 18.5. The highest BCUT2D eigenvalue weighted by Gasteiger charge is 2.33. The molecular formula is C23H27Cl2N3O4S. The van der Waals surface area contributed by atoms with E-state index in [1.165, 1.54) is 4.31 Å². The second kappa shape index (κ2) is 10.9. The molecule has 2 aromatic rings. The van der Waals surface area contributed by atoms with Crippen LogP contribution in [0.15, 0.2) is 42.5 Å². The summed E-state index contributed by atoms with van der Waals surface area (Å²) in [6, 6.07) is 11.5. The molecule has 2 aromatic carbocycles. The second-order valence-electron chi connectivity index (χ2n) is 8.32. The molecule has 0 unspecified atom stereocenters. The lowest BCUT2D eigenvalue weighted by Gasteiger charge is -2.31. The number of halogens is 2. The van der Waals surface area contributed by atoms with E-state index in [9.17, 15) is 18.0 Å². The van der Waals surface area contributed by atoms with E-state index in [1.54, 1.807) is 42.5 Å². The predicted molar refractivity (Wildman–Crippen MR) is 131 cm³/mol. The van der Waals surface area contributed by atoms with E-state index in [-0.39, 0.29) is 40.2 Å². The highest BCUT2D eigenvalue weighted by atomic mass is 35.5. The minimum atomic E-state index is -3.74. The van der Waals surface area contributed by atoms with E-state index in [4.69, 9.17) is 23.2 Å². The van der Waals surface area contributed by atoms with Gasteiger partial charge in [-0.3, -0.25) is 9.59 Å². The zero-order valence-corrected chi connectivity index (χ0v) is 20.8. The molecule has 0 spiro atoms. The minimum absolute atomic E-state index is 0.0509. The third-order valence-corrected chi connectivity index (χ3v) is 7.87. The van der Waals surface area contributed by atoms with Crippen molar-refractivity contribution in [1.82, 2.24) is 9.62 Å². The fourth-order valence-electron chi connectivity index (χ4n) is 3.72. The van der Waals surface area contributed by atoms with Crippen molar-refractivity contribution in [2.75, 3.05) is 18.4 Å². The smallest absolute Gasteiger partial charge is 0.253 e. The van der Waals surface area contributed by atoms with Crippen molar-refractivity contribution in [3.05, 3.63) is 63.6 Å². The number of piperidine rings is 1. The average Bonchev–Trinajstić information content (AvgIpc) is 2.76. The number of rotatable bonds is 7. The van der Waals surface area contributed by atoms with Crippen LogP contribution in [-0.4, -0.2) is 43.7 Å². The topological polar surface area (TPSA) is 95.6 Å². The molecule has 0 bridgehead atoms. The average molecular weight is 512 g/mol. The molecule has 178 valence electrons. The number of carbonyl (C=O) groups excluding carboxylic acids is 2. The maximum Gasteiger partial charge on any atom is 0.253 e. The number of carbonyl (C=O) groups is 2. The van der Waals surface area contributed by atoms with E-state index in [2.05, 4.69) is 10.6 Å². The lowest BCUT2D eigenvalue weighted by Crippen LogP contribution is -2.44. The summed E-state index contributed by atoms with van der Waals surface area (Å²) in [6.45, 7) is 4.08. The molecule has 7 nitrogen and oxygen atoms in total. The standard InChI is InChI=1S/C23H27Cl2N3O4S/c1-15(2)26-23(30)17-8-3-4-11-21(17)27-22(29)16-7-6-12-28(13-16)33(31,32)14-18-19(24)9-5-10-20(18)25/h3-5,8-11,15-16H,6-7,12-14H2,1-2H3,(H,26,30)(H,27,29)/t16-/m1/s1. The Hall–Kier alpha value is -2.13. The number of amides is 2. The number of benzene rings is 2. The Kier molecular flexibility index (Phi) is 8.39. The summed E-state index contributed by atoms with van der Waals surface area (Å²) in [5.41, 5.74) is 1.09. The maximum atomic E-state index is 13.1. The number of nitrogens with zero attached hydrogens (tertiary/aromatic N) is 1. The van der Waals surface area contributed by atoms with Crippen LogP contribution in [0.5, 0.6) is 0 Å². The van der Waals surface area contributed by atoms with E-state index in [0.29, 0.717) is 36.2 Å². The first-order chi connectivity index (χ1) is 15.6. The normalized spacial score (nSPS) is 17.1. The van der Waals surface area contributed by atoms with Gasteiger partial charge in [0.2, 0.25) is 15.9 Å². The molecule has 1 heterocycles. The van der Waals surface area contributed by atoms with Gasteiger partial charge in [0.15, 0.2) is 0 Å². The van der Waals surface area contributed by atoms with Crippen LogP contribution in [0.25, 0.3) is 0 Å². The molecule has 2 N–H and O–H groups in total. The van der Waals surface area contributed by atoms with Crippen LogP contribution in [0.4, 0.5) is 5.69 Å². The molecule has 10 heteroatoms. The van der Waals surface area contributed by atoms with Gasteiger partial charge in [0.05, 0.1) is 22.9 Å². The van der Waals surface area contributed by atoms with Gasteiger partial charge in [-0.05, 0) is 51.0 Å². The van der Waals surface area contributed by atoms with Gasteiger partial charge in [0.1, 0.15) is 0 Å². The molecule has 0 aromatic heterocycles. The van der Waals surface area contributed by atoms with Gasteiger partial charge in [-0.15, -0.1) is 0 Å². The van der Waals surface area contributed by atoms with E-state index in [1.807, 2.05) is 13.8 Å². The summed E-state index contributed by atoms with van der Waals surface area (Å²) < 4.78 is 27.4. The molecule has 0 saturated carbocycles. The third kappa shape index (κ3) is 6.47. The minimum Gasteiger partial charge on any atom is -0.350 e. The van der Waals surface area contributed by atoms with Crippen LogP contribution in [0.2, 0.25) is 10.0 Å². The number of hydrogen-bond donors (Lipinski definition) is 2. The number of para-hydroxylation sites is 1. The van der Waals surface area contributed by atoms with E-state index < -0.39 is 15.9 Å². The lowest BCUT2D eigenvalue weighted by atomic mass is 9.98. The second-order valence-corrected chi connectivity index (χ2v) is 11.1.